The summed E-state index contributed by atoms with van der Waals surface area (Å²) in [5.41, 5.74) is 0. The molecular weight excluding hydrogens is 268 g/mol. The predicted molar refractivity (Wildman–Crippen MR) is 79.1 cm³/mol. The second kappa shape index (κ2) is 6.45. The molecular formula is C16H22N2O3. The highest BCUT2D eigenvalue weighted by Crippen LogP contribution is 2.21. The standard InChI is InChI=1S/C16H22N2O3/c19-15-11-18(10-14(15)17-8-4-5-9-17)16(20)12-21-13-6-2-1-3-7-13/h1-3,6-7,14-15,19H,4-5,8-12H2/t14-,15-/m1/s1. The highest BCUT2D eigenvalue weighted by molar-refractivity contribution is 5.78. The molecule has 114 valence electrons. The van der Waals surface area contributed by atoms with Crippen molar-refractivity contribution in [3.63, 3.8) is 0 Å². The number of rotatable bonds is 4. The molecule has 0 aromatic heterocycles. The van der Waals surface area contributed by atoms with Crippen LogP contribution in [0.25, 0.3) is 0 Å². The number of aliphatic hydroxyl groups excluding tert-OH is 1. The van der Waals surface area contributed by atoms with E-state index in [4.69, 9.17) is 4.74 Å². The van der Waals surface area contributed by atoms with Crippen LogP contribution in [-0.4, -0.2) is 65.7 Å². The number of para-hydroxylation sites is 1. The van der Waals surface area contributed by atoms with Gasteiger partial charge in [0.2, 0.25) is 0 Å². The molecule has 1 aromatic carbocycles. The monoisotopic (exact) mass is 290 g/mol. The summed E-state index contributed by atoms with van der Waals surface area (Å²) in [5.74, 6) is 0.640. The van der Waals surface area contributed by atoms with Crippen molar-refractivity contribution in [3.8, 4) is 5.75 Å². The molecule has 0 radical (unpaired) electrons. The number of amides is 1. The van der Waals surface area contributed by atoms with Crippen LogP contribution in [0.2, 0.25) is 0 Å². The first-order valence-corrected chi connectivity index (χ1v) is 7.62. The van der Waals surface area contributed by atoms with Gasteiger partial charge >= 0.3 is 0 Å². The van der Waals surface area contributed by atoms with Gasteiger partial charge in [0.15, 0.2) is 6.61 Å². The lowest BCUT2D eigenvalue weighted by molar-refractivity contribution is -0.132. The number of carbonyl (C=O) groups excluding carboxylic acids is 1. The Balaban J connectivity index is 1.51. The molecule has 21 heavy (non-hydrogen) atoms. The highest BCUT2D eigenvalue weighted by Gasteiger charge is 2.38. The summed E-state index contributed by atoms with van der Waals surface area (Å²) >= 11 is 0. The summed E-state index contributed by atoms with van der Waals surface area (Å²) < 4.78 is 5.49. The normalized spacial score (nSPS) is 26.2. The van der Waals surface area contributed by atoms with Gasteiger partial charge in [-0.05, 0) is 38.1 Å². The van der Waals surface area contributed by atoms with Crippen molar-refractivity contribution in [1.82, 2.24) is 9.80 Å². The molecule has 1 N–H and O–H groups in total. The van der Waals surface area contributed by atoms with Crippen LogP contribution >= 0.6 is 0 Å². The van der Waals surface area contributed by atoms with Gasteiger partial charge in [-0.1, -0.05) is 18.2 Å². The van der Waals surface area contributed by atoms with Crippen molar-refractivity contribution in [2.24, 2.45) is 0 Å². The van der Waals surface area contributed by atoms with Crippen LogP contribution in [0.4, 0.5) is 0 Å². The van der Waals surface area contributed by atoms with Crippen molar-refractivity contribution in [1.29, 1.82) is 0 Å². The van der Waals surface area contributed by atoms with Gasteiger partial charge in [0.25, 0.3) is 5.91 Å². The van der Waals surface area contributed by atoms with Gasteiger partial charge in [-0.2, -0.15) is 0 Å². The molecule has 2 fully saturated rings. The van der Waals surface area contributed by atoms with E-state index in [2.05, 4.69) is 4.90 Å². The zero-order valence-electron chi connectivity index (χ0n) is 12.1. The molecule has 0 saturated carbocycles. The van der Waals surface area contributed by atoms with Gasteiger partial charge in [0.05, 0.1) is 12.1 Å². The Hall–Kier alpha value is -1.59. The van der Waals surface area contributed by atoms with E-state index in [1.165, 1.54) is 12.8 Å². The third-order valence-electron chi connectivity index (χ3n) is 4.33. The van der Waals surface area contributed by atoms with E-state index in [1.807, 2.05) is 30.3 Å². The van der Waals surface area contributed by atoms with E-state index in [0.29, 0.717) is 18.8 Å². The maximum absolute atomic E-state index is 12.2. The number of hydrogen-bond donors (Lipinski definition) is 1. The number of hydrogen-bond acceptors (Lipinski definition) is 4. The number of β-amino-alcohol motifs (C(OH)–C–C–N with tert-alkyl or cyclic N) is 1. The Morgan fingerprint density at radius 3 is 2.62 bits per heavy atom. The molecule has 1 aromatic rings. The minimum absolute atomic E-state index is 0.0312. The first kappa shape index (κ1) is 14.4. The fourth-order valence-corrected chi connectivity index (χ4v) is 3.16. The number of nitrogens with zero attached hydrogens (tertiary/aromatic N) is 2. The summed E-state index contributed by atoms with van der Waals surface area (Å²) in [6.07, 6.45) is 1.94. The lowest BCUT2D eigenvalue weighted by Crippen LogP contribution is -2.41. The second-order valence-electron chi connectivity index (χ2n) is 5.78. The summed E-state index contributed by atoms with van der Waals surface area (Å²) in [6.45, 7) is 3.12. The van der Waals surface area contributed by atoms with Gasteiger partial charge in [-0.15, -0.1) is 0 Å². The van der Waals surface area contributed by atoms with Crippen LogP contribution in [0.15, 0.2) is 30.3 Å². The number of carbonyl (C=O) groups is 1. The van der Waals surface area contributed by atoms with E-state index in [0.717, 1.165) is 13.1 Å². The lowest BCUT2D eigenvalue weighted by atomic mass is 10.2. The zero-order chi connectivity index (χ0) is 14.7. The Morgan fingerprint density at radius 1 is 1.19 bits per heavy atom. The summed E-state index contributed by atoms with van der Waals surface area (Å²) in [7, 11) is 0. The molecule has 2 aliphatic rings. The molecule has 3 rings (SSSR count). The molecule has 0 unspecified atom stereocenters. The largest absolute Gasteiger partial charge is 0.484 e. The molecule has 2 atom stereocenters. The number of ether oxygens (including phenoxy) is 1. The number of aliphatic hydroxyl groups is 1. The highest BCUT2D eigenvalue weighted by atomic mass is 16.5. The van der Waals surface area contributed by atoms with Crippen LogP contribution in [0.3, 0.4) is 0 Å². The molecule has 0 aliphatic carbocycles. The van der Waals surface area contributed by atoms with Gasteiger partial charge in [0, 0.05) is 13.1 Å². The molecule has 5 heteroatoms. The minimum Gasteiger partial charge on any atom is -0.484 e. The van der Waals surface area contributed by atoms with Crippen LogP contribution in [0.5, 0.6) is 5.75 Å². The van der Waals surface area contributed by atoms with Gasteiger partial charge in [-0.25, -0.2) is 0 Å². The first-order valence-electron chi connectivity index (χ1n) is 7.62. The van der Waals surface area contributed by atoms with E-state index in [9.17, 15) is 9.90 Å². The first-order chi connectivity index (χ1) is 10.2. The average Bonchev–Trinajstić information content (AvgIpc) is 3.15. The maximum atomic E-state index is 12.2. The van der Waals surface area contributed by atoms with E-state index in [-0.39, 0.29) is 18.6 Å². The molecule has 2 aliphatic heterocycles. The summed E-state index contributed by atoms with van der Waals surface area (Å²) in [5, 5.41) is 10.2. The second-order valence-corrected chi connectivity index (χ2v) is 5.78. The third kappa shape index (κ3) is 3.36. The van der Waals surface area contributed by atoms with Crippen LogP contribution in [0.1, 0.15) is 12.8 Å². The van der Waals surface area contributed by atoms with Gasteiger partial charge < -0.3 is 14.7 Å². The smallest absolute Gasteiger partial charge is 0.260 e. The molecule has 0 bridgehead atoms. The van der Waals surface area contributed by atoms with E-state index in [1.54, 1.807) is 4.90 Å². The Morgan fingerprint density at radius 2 is 1.90 bits per heavy atom. The van der Waals surface area contributed by atoms with Crippen molar-refractivity contribution in [3.05, 3.63) is 30.3 Å². The van der Waals surface area contributed by atoms with Crippen LogP contribution in [0, 0.1) is 0 Å². The topological polar surface area (TPSA) is 53.0 Å². The molecule has 1 amide bonds. The van der Waals surface area contributed by atoms with Gasteiger partial charge in [0.1, 0.15) is 5.75 Å². The minimum atomic E-state index is -0.441. The summed E-state index contributed by atoms with van der Waals surface area (Å²) in [4.78, 5) is 16.2. The third-order valence-corrected chi connectivity index (χ3v) is 4.33. The molecule has 2 saturated heterocycles. The lowest BCUT2D eigenvalue weighted by Gasteiger charge is -2.25. The number of likely N-dealkylation sites (tertiary alicyclic amines) is 2. The zero-order valence-corrected chi connectivity index (χ0v) is 12.1. The summed E-state index contributed by atoms with van der Waals surface area (Å²) in [6, 6.07) is 9.42. The van der Waals surface area contributed by atoms with E-state index >= 15 is 0 Å². The van der Waals surface area contributed by atoms with Crippen molar-refractivity contribution >= 4 is 5.91 Å². The Kier molecular flexibility index (Phi) is 4.41. The fourth-order valence-electron chi connectivity index (χ4n) is 3.16. The van der Waals surface area contributed by atoms with Gasteiger partial charge in [-0.3, -0.25) is 9.69 Å². The van der Waals surface area contributed by atoms with Crippen molar-refractivity contribution in [2.45, 2.75) is 25.0 Å². The Labute approximate surface area is 125 Å². The van der Waals surface area contributed by atoms with E-state index < -0.39 is 6.10 Å². The van der Waals surface area contributed by atoms with Crippen molar-refractivity contribution < 1.29 is 14.6 Å². The Bertz CT molecular complexity index is 474. The number of benzene rings is 1. The van der Waals surface area contributed by atoms with Crippen molar-refractivity contribution in [2.75, 3.05) is 32.8 Å². The molecule has 5 nitrogen and oxygen atoms in total. The quantitative estimate of drug-likeness (QED) is 0.888. The van der Waals surface area contributed by atoms with Crippen LogP contribution in [-0.2, 0) is 4.79 Å². The van der Waals surface area contributed by atoms with Crippen LogP contribution < -0.4 is 4.74 Å². The SMILES string of the molecule is O=C(COc1ccccc1)N1C[C@@H](O)[C@H](N2CCCC2)C1. The molecule has 0 spiro atoms. The fraction of sp³-hybridized carbons (Fsp3) is 0.562. The maximum Gasteiger partial charge on any atom is 0.260 e. The predicted octanol–water partition coefficient (Wildman–Crippen LogP) is 0.733. The average molecular weight is 290 g/mol. The molecule has 2 heterocycles.